The predicted molar refractivity (Wildman–Crippen MR) is 69.2 cm³/mol. The lowest BCUT2D eigenvalue weighted by atomic mass is 10.1. The molecular weight excluding hydrogens is 252 g/mol. The van der Waals surface area contributed by atoms with Gasteiger partial charge in [-0.2, -0.15) is 5.26 Å². The molecule has 1 unspecified atom stereocenters. The van der Waals surface area contributed by atoms with E-state index in [4.69, 9.17) is 21.6 Å². The smallest absolute Gasteiger partial charge is 0.237 e. The van der Waals surface area contributed by atoms with Crippen LogP contribution >= 0.6 is 11.6 Å². The molecule has 4 nitrogen and oxygen atoms in total. The number of carbonyl (C=O) groups excluding carboxylic acids is 1. The maximum absolute atomic E-state index is 11.7. The van der Waals surface area contributed by atoms with Crippen LogP contribution < -0.4 is 10.1 Å². The lowest BCUT2D eigenvalue weighted by molar-refractivity contribution is -0.123. The molecule has 1 N–H and O–H groups in total. The van der Waals surface area contributed by atoms with Crippen LogP contribution in [-0.2, 0) is 11.3 Å². The molecule has 0 radical (unpaired) electrons. The van der Waals surface area contributed by atoms with E-state index in [2.05, 4.69) is 5.32 Å². The van der Waals surface area contributed by atoms with E-state index in [1.165, 1.54) is 0 Å². The van der Waals surface area contributed by atoms with Crippen LogP contribution in [0.1, 0.15) is 18.9 Å². The van der Waals surface area contributed by atoms with Crippen molar-refractivity contribution < 1.29 is 9.53 Å². The lowest BCUT2D eigenvalue weighted by Crippen LogP contribution is -2.29. The molecule has 0 saturated carbocycles. The van der Waals surface area contributed by atoms with E-state index in [9.17, 15) is 4.79 Å². The Balaban J connectivity index is 2.72. The third kappa shape index (κ3) is 3.64. The third-order valence-corrected chi connectivity index (χ3v) is 2.81. The van der Waals surface area contributed by atoms with Crippen molar-refractivity contribution in [3.05, 3.63) is 28.8 Å². The van der Waals surface area contributed by atoms with Crippen LogP contribution in [0, 0.1) is 17.2 Å². The van der Waals surface area contributed by atoms with Crippen LogP contribution in [0.4, 0.5) is 0 Å². The standard InChI is InChI=1S/C13H15ClN2O2/c1-3-9(7-15)13(17)16-8-10-6-11(14)4-5-12(10)18-2/h4-6,9H,3,8H2,1-2H3,(H,16,17). The molecule has 0 bridgehead atoms. The van der Waals surface area contributed by atoms with Gasteiger partial charge in [-0.05, 0) is 24.6 Å². The fourth-order valence-electron chi connectivity index (χ4n) is 1.53. The first kappa shape index (κ1) is 14.3. The summed E-state index contributed by atoms with van der Waals surface area (Å²) in [6, 6.07) is 7.15. The molecule has 1 rings (SSSR count). The lowest BCUT2D eigenvalue weighted by Gasteiger charge is -2.11. The molecule has 0 fully saturated rings. The van der Waals surface area contributed by atoms with Gasteiger partial charge in [0.25, 0.3) is 0 Å². The minimum atomic E-state index is -0.616. The topological polar surface area (TPSA) is 62.1 Å². The molecule has 1 aromatic rings. The maximum atomic E-state index is 11.7. The SMILES string of the molecule is CCC(C#N)C(=O)NCc1cc(Cl)ccc1OC. The molecule has 0 aliphatic rings. The Kier molecular flexibility index (Phi) is 5.47. The van der Waals surface area contributed by atoms with Gasteiger partial charge in [0, 0.05) is 17.1 Å². The molecule has 0 spiro atoms. The monoisotopic (exact) mass is 266 g/mol. The summed E-state index contributed by atoms with van der Waals surface area (Å²) in [7, 11) is 1.55. The van der Waals surface area contributed by atoms with Crippen LogP contribution in [0.3, 0.4) is 0 Å². The first-order valence-corrected chi connectivity index (χ1v) is 5.99. The summed E-state index contributed by atoms with van der Waals surface area (Å²) in [6.45, 7) is 2.09. The predicted octanol–water partition coefficient (Wildman–Crippen LogP) is 2.51. The molecule has 0 aromatic heterocycles. The summed E-state index contributed by atoms with van der Waals surface area (Å²) < 4.78 is 5.17. The second kappa shape index (κ2) is 6.87. The molecule has 0 saturated heterocycles. The quantitative estimate of drug-likeness (QED) is 0.891. The zero-order chi connectivity index (χ0) is 13.5. The van der Waals surface area contributed by atoms with E-state index in [0.29, 0.717) is 23.7 Å². The fourth-order valence-corrected chi connectivity index (χ4v) is 1.72. The van der Waals surface area contributed by atoms with Crippen LogP contribution in [0.5, 0.6) is 5.75 Å². The Bertz CT molecular complexity index is 469. The molecule has 5 heteroatoms. The second-order valence-electron chi connectivity index (χ2n) is 3.76. The second-order valence-corrected chi connectivity index (χ2v) is 4.20. The minimum Gasteiger partial charge on any atom is -0.496 e. The summed E-state index contributed by atoms with van der Waals surface area (Å²) in [6.07, 6.45) is 0.495. The van der Waals surface area contributed by atoms with Gasteiger partial charge in [0.1, 0.15) is 11.7 Å². The van der Waals surface area contributed by atoms with Crippen molar-refractivity contribution in [2.75, 3.05) is 7.11 Å². The van der Waals surface area contributed by atoms with Gasteiger partial charge in [0.2, 0.25) is 5.91 Å². The van der Waals surface area contributed by atoms with Crippen molar-refractivity contribution in [3.63, 3.8) is 0 Å². The first-order valence-electron chi connectivity index (χ1n) is 5.62. The highest BCUT2D eigenvalue weighted by atomic mass is 35.5. The van der Waals surface area contributed by atoms with Crippen molar-refractivity contribution in [1.29, 1.82) is 5.26 Å². The molecule has 18 heavy (non-hydrogen) atoms. The van der Waals surface area contributed by atoms with Gasteiger partial charge in [0.05, 0.1) is 13.2 Å². The van der Waals surface area contributed by atoms with Gasteiger partial charge in [-0.3, -0.25) is 4.79 Å². The van der Waals surface area contributed by atoms with E-state index in [1.807, 2.05) is 6.07 Å². The fraction of sp³-hybridized carbons (Fsp3) is 0.385. The van der Waals surface area contributed by atoms with Gasteiger partial charge in [-0.15, -0.1) is 0 Å². The molecule has 0 aliphatic heterocycles. The highest BCUT2D eigenvalue weighted by molar-refractivity contribution is 6.30. The van der Waals surface area contributed by atoms with Crippen LogP contribution in [0.25, 0.3) is 0 Å². The van der Waals surface area contributed by atoms with Gasteiger partial charge in [0.15, 0.2) is 0 Å². The molecule has 1 aromatic carbocycles. The number of hydrogen-bond acceptors (Lipinski definition) is 3. The first-order chi connectivity index (χ1) is 8.62. The highest BCUT2D eigenvalue weighted by Gasteiger charge is 2.15. The number of rotatable bonds is 5. The van der Waals surface area contributed by atoms with E-state index in [0.717, 1.165) is 5.56 Å². The molecule has 1 amide bonds. The van der Waals surface area contributed by atoms with Crippen molar-refractivity contribution in [2.24, 2.45) is 5.92 Å². The van der Waals surface area contributed by atoms with E-state index >= 15 is 0 Å². The zero-order valence-corrected chi connectivity index (χ0v) is 11.1. The molecular formula is C13H15ClN2O2. The number of halogens is 1. The van der Waals surface area contributed by atoms with Gasteiger partial charge in [-0.25, -0.2) is 0 Å². The van der Waals surface area contributed by atoms with E-state index in [1.54, 1.807) is 32.2 Å². The molecule has 1 atom stereocenters. The molecule has 96 valence electrons. The normalized spacial score (nSPS) is 11.4. The largest absolute Gasteiger partial charge is 0.496 e. The maximum Gasteiger partial charge on any atom is 0.237 e. The average molecular weight is 267 g/mol. The third-order valence-electron chi connectivity index (χ3n) is 2.58. The summed E-state index contributed by atoms with van der Waals surface area (Å²) in [5.41, 5.74) is 0.783. The Morgan fingerprint density at radius 1 is 1.61 bits per heavy atom. The Hall–Kier alpha value is -1.73. The summed E-state index contributed by atoms with van der Waals surface area (Å²) in [4.78, 5) is 11.7. The Labute approximate surface area is 112 Å². The van der Waals surface area contributed by atoms with Crippen molar-refractivity contribution in [3.8, 4) is 11.8 Å². The van der Waals surface area contributed by atoms with Crippen molar-refractivity contribution >= 4 is 17.5 Å². The zero-order valence-electron chi connectivity index (χ0n) is 10.4. The van der Waals surface area contributed by atoms with Crippen LogP contribution in [0.2, 0.25) is 5.02 Å². The number of ether oxygens (including phenoxy) is 1. The van der Waals surface area contributed by atoms with E-state index < -0.39 is 5.92 Å². The minimum absolute atomic E-state index is 0.276. The number of carbonyl (C=O) groups is 1. The Morgan fingerprint density at radius 2 is 2.33 bits per heavy atom. The summed E-state index contributed by atoms with van der Waals surface area (Å²) in [5, 5.41) is 12.1. The van der Waals surface area contributed by atoms with Crippen LogP contribution in [0.15, 0.2) is 18.2 Å². The Morgan fingerprint density at radius 3 is 2.89 bits per heavy atom. The number of nitrogens with one attached hydrogen (secondary N) is 1. The van der Waals surface area contributed by atoms with Crippen molar-refractivity contribution in [2.45, 2.75) is 19.9 Å². The van der Waals surface area contributed by atoms with Gasteiger partial charge >= 0.3 is 0 Å². The number of nitriles is 1. The number of amides is 1. The highest BCUT2D eigenvalue weighted by Crippen LogP contribution is 2.22. The van der Waals surface area contributed by atoms with Crippen molar-refractivity contribution in [1.82, 2.24) is 5.32 Å². The number of methoxy groups -OCH3 is 1. The van der Waals surface area contributed by atoms with E-state index in [-0.39, 0.29) is 5.91 Å². The molecule has 0 heterocycles. The number of hydrogen-bond donors (Lipinski definition) is 1. The number of benzene rings is 1. The molecule has 0 aliphatic carbocycles. The number of nitrogens with zero attached hydrogens (tertiary/aromatic N) is 1. The summed E-state index contributed by atoms with van der Waals surface area (Å²) in [5.74, 6) is -0.234. The summed E-state index contributed by atoms with van der Waals surface area (Å²) >= 11 is 5.89. The van der Waals surface area contributed by atoms with Gasteiger partial charge < -0.3 is 10.1 Å². The average Bonchev–Trinajstić information content (AvgIpc) is 2.38. The van der Waals surface area contributed by atoms with Gasteiger partial charge in [-0.1, -0.05) is 18.5 Å². The van der Waals surface area contributed by atoms with Crippen LogP contribution in [-0.4, -0.2) is 13.0 Å².